The minimum absolute atomic E-state index is 0.143. The number of nitrogens with zero attached hydrogens (tertiary/aromatic N) is 1. The van der Waals surface area contributed by atoms with Crippen LogP contribution in [0.3, 0.4) is 0 Å². The number of aryl methyl sites for hydroxylation is 1. The molecule has 1 aromatic heterocycles. The first-order chi connectivity index (χ1) is 9.19. The average molecular weight is 282 g/mol. The number of ether oxygens (including phenoxy) is 1. The standard InChI is InChI=1S/C15H26N2OS/c1-4-9-16-11-13-12(5-2)17-14(19-13)15(3)8-6-7-10-18-15/h16H,4-11H2,1-3H3. The molecule has 1 atom stereocenters. The fourth-order valence-corrected chi connectivity index (χ4v) is 3.75. The molecule has 0 aromatic carbocycles. The second kappa shape index (κ2) is 6.82. The van der Waals surface area contributed by atoms with Crippen LogP contribution in [-0.2, 0) is 23.3 Å². The maximum Gasteiger partial charge on any atom is 0.125 e. The normalized spacial score (nSPS) is 23.7. The van der Waals surface area contributed by atoms with Crippen LogP contribution in [-0.4, -0.2) is 18.1 Å². The predicted octanol–water partition coefficient (Wildman–Crippen LogP) is 3.62. The summed E-state index contributed by atoms with van der Waals surface area (Å²) in [7, 11) is 0. The van der Waals surface area contributed by atoms with Gasteiger partial charge in [-0.2, -0.15) is 0 Å². The third-order valence-electron chi connectivity index (χ3n) is 3.75. The van der Waals surface area contributed by atoms with Crippen molar-refractivity contribution >= 4 is 11.3 Å². The summed E-state index contributed by atoms with van der Waals surface area (Å²) >= 11 is 1.84. The van der Waals surface area contributed by atoms with Crippen LogP contribution in [0.5, 0.6) is 0 Å². The van der Waals surface area contributed by atoms with Gasteiger partial charge >= 0.3 is 0 Å². The Hall–Kier alpha value is -0.450. The molecule has 19 heavy (non-hydrogen) atoms. The fourth-order valence-electron chi connectivity index (χ4n) is 2.51. The molecule has 3 nitrogen and oxygen atoms in total. The summed E-state index contributed by atoms with van der Waals surface area (Å²) < 4.78 is 6.02. The molecule has 108 valence electrons. The zero-order valence-electron chi connectivity index (χ0n) is 12.4. The maximum absolute atomic E-state index is 6.02. The Labute approximate surface area is 120 Å². The molecule has 1 unspecified atom stereocenters. The molecule has 0 saturated carbocycles. The Morgan fingerprint density at radius 3 is 2.84 bits per heavy atom. The molecule has 1 fully saturated rings. The van der Waals surface area contributed by atoms with Crippen LogP contribution < -0.4 is 5.32 Å². The van der Waals surface area contributed by atoms with Crippen LogP contribution in [0, 0.1) is 0 Å². The quantitative estimate of drug-likeness (QED) is 0.809. The van der Waals surface area contributed by atoms with E-state index in [9.17, 15) is 0 Å². The minimum Gasteiger partial charge on any atom is -0.368 e. The lowest BCUT2D eigenvalue weighted by Crippen LogP contribution is -2.30. The molecule has 2 rings (SSSR count). The van der Waals surface area contributed by atoms with Gasteiger partial charge in [-0.25, -0.2) is 4.98 Å². The predicted molar refractivity (Wildman–Crippen MR) is 80.6 cm³/mol. The highest BCUT2D eigenvalue weighted by molar-refractivity contribution is 7.11. The van der Waals surface area contributed by atoms with Crippen molar-refractivity contribution < 1.29 is 4.74 Å². The van der Waals surface area contributed by atoms with E-state index >= 15 is 0 Å². The van der Waals surface area contributed by atoms with E-state index in [1.54, 1.807) is 0 Å². The zero-order valence-corrected chi connectivity index (χ0v) is 13.2. The Bertz CT molecular complexity index is 397. The number of aromatic nitrogens is 1. The lowest BCUT2D eigenvalue weighted by molar-refractivity contribution is -0.0702. The SMILES string of the molecule is CCCNCc1sc(C2(C)CCCCO2)nc1CC. The van der Waals surface area contributed by atoms with Crippen molar-refractivity contribution in [2.24, 2.45) is 0 Å². The van der Waals surface area contributed by atoms with Crippen LogP contribution in [0.2, 0.25) is 0 Å². The minimum atomic E-state index is -0.143. The van der Waals surface area contributed by atoms with E-state index in [-0.39, 0.29) is 5.60 Å². The molecule has 0 spiro atoms. The molecule has 0 amide bonds. The molecule has 1 aromatic rings. The molecular formula is C15H26N2OS. The van der Waals surface area contributed by atoms with Crippen molar-refractivity contribution in [1.29, 1.82) is 0 Å². The second-order valence-corrected chi connectivity index (χ2v) is 6.54. The highest BCUT2D eigenvalue weighted by Crippen LogP contribution is 2.38. The van der Waals surface area contributed by atoms with Gasteiger partial charge in [-0.3, -0.25) is 0 Å². The summed E-state index contributed by atoms with van der Waals surface area (Å²) in [5.74, 6) is 0. The lowest BCUT2D eigenvalue weighted by atomic mass is 9.97. The highest BCUT2D eigenvalue weighted by Gasteiger charge is 2.33. The van der Waals surface area contributed by atoms with Gasteiger partial charge in [0.05, 0.1) is 5.69 Å². The first-order valence-corrected chi connectivity index (χ1v) is 8.35. The van der Waals surface area contributed by atoms with Gasteiger partial charge in [-0.1, -0.05) is 13.8 Å². The number of rotatable bonds is 6. The van der Waals surface area contributed by atoms with E-state index < -0.39 is 0 Å². The van der Waals surface area contributed by atoms with E-state index in [0.29, 0.717) is 0 Å². The topological polar surface area (TPSA) is 34.1 Å². The first-order valence-electron chi connectivity index (χ1n) is 7.53. The molecule has 1 saturated heterocycles. The molecule has 4 heteroatoms. The molecule has 0 bridgehead atoms. The van der Waals surface area contributed by atoms with Crippen LogP contribution >= 0.6 is 11.3 Å². The third-order valence-corrected chi connectivity index (χ3v) is 5.09. The van der Waals surface area contributed by atoms with E-state index in [1.807, 2.05) is 11.3 Å². The van der Waals surface area contributed by atoms with Gasteiger partial charge < -0.3 is 10.1 Å². The van der Waals surface area contributed by atoms with Gasteiger partial charge in [0, 0.05) is 18.0 Å². The van der Waals surface area contributed by atoms with Gasteiger partial charge in [0.15, 0.2) is 0 Å². The lowest BCUT2D eigenvalue weighted by Gasteiger charge is -2.31. The van der Waals surface area contributed by atoms with E-state index in [1.165, 1.54) is 34.8 Å². The van der Waals surface area contributed by atoms with Gasteiger partial charge in [0.1, 0.15) is 10.6 Å². The summed E-state index contributed by atoms with van der Waals surface area (Å²) in [6, 6.07) is 0. The van der Waals surface area contributed by atoms with Crippen molar-refractivity contribution in [1.82, 2.24) is 10.3 Å². The molecule has 0 radical (unpaired) electrons. The molecule has 0 aliphatic carbocycles. The third kappa shape index (κ3) is 3.56. The summed E-state index contributed by atoms with van der Waals surface area (Å²) in [5, 5.41) is 4.66. The van der Waals surface area contributed by atoms with E-state index in [0.717, 1.165) is 32.5 Å². The number of nitrogens with one attached hydrogen (secondary N) is 1. The van der Waals surface area contributed by atoms with Crippen LogP contribution in [0.4, 0.5) is 0 Å². The van der Waals surface area contributed by atoms with Crippen molar-refractivity contribution in [2.45, 2.75) is 65.0 Å². The molecule has 2 heterocycles. The second-order valence-electron chi connectivity index (χ2n) is 5.46. The summed E-state index contributed by atoms with van der Waals surface area (Å²) in [5.41, 5.74) is 1.11. The molecular weight excluding hydrogens is 256 g/mol. The maximum atomic E-state index is 6.02. The molecule has 1 N–H and O–H groups in total. The monoisotopic (exact) mass is 282 g/mol. The Balaban J connectivity index is 2.12. The number of hydrogen-bond acceptors (Lipinski definition) is 4. The number of hydrogen-bond donors (Lipinski definition) is 1. The largest absolute Gasteiger partial charge is 0.368 e. The molecule has 1 aliphatic heterocycles. The van der Waals surface area contributed by atoms with E-state index in [2.05, 4.69) is 26.1 Å². The van der Waals surface area contributed by atoms with Gasteiger partial charge in [-0.05, 0) is 45.6 Å². The molecule has 1 aliphatic rings. The van der Waals surface area contributed by atoms with Gasteiger partial charge in [-0.15, -0.1) is 11.3 Å². The van der Waals surface area contributed by atoms with Crippen LogP contribution in [0.25, 0.3) is 0 Å². The van der Waals surface area contributed by atoms with Crippen molar-refractivity contribution in [3.63, 3.8) is 0 Å². The Morgan fingerprint density at radius 1 is 1.37 bits per heavy atom. The highest BCUT2D eigenvalue weighted by atomic mass is 32.1. The van der Waals surface area contributed by atoms with Crippen LogP contribution in [0.1, 0.15) is 62.0 Å². The Kier molecular flexibility index (Phi) is 5.37. The zero-order chi connectivity index (χ0) is 13.7. The van der Waals surface area contributed by atoms with Gasteiger partial charge in [0.25, 0.3) is 0 Å². The number of thiazole rings is 1. The summed E-state index contributed by atoms with van der Waals surface area (Å²) in [6.45, 7) is 9.48. The van der Waals surface area contributed by atoms with E-state index in [4.69, 9.17) is 9.72 Å². The van der Waals surface area contributed by atoms with Crippen LogP contribution in [0.15, 0.2) is 0 Å². The summed E-state index contributed by atoms with van der Waals surface area (Å²) in [6.07, 6.45) is 5.72. The Morgan fingerprint density at radius 2 is 2.21 bits per heavy atom. The average Bonchev–Trinajstić information content (AvgIpc) is 2.84. The van der Waals surface area contributed by atoms with Crippen molar-refractivity contribution in [3.05, 3.63) is 15.6 Å². The summed E-state index contributed by atoms with van der Waals surface area (Å²) in [4.78, 5) is 6.25. The smallest absolute Gasteiger partial charge is 0.125 e. The van der Waals surface area contributed by atoms with Crippen molar-refractivity contribution in [3.8, 4) is 0 Å². The van der Waals surface area contributed by atoms with Gasteiger partial charge in [0.2, 0.25) is 0 Å². The first kappa shape index (κ1) is 14.9. The van der Waals surface area contributed by atoms with Crippen molar-refractivity contribution in [2.75, 3.05) is 13.2 Å². The fraction of sp³-hybridized carbons (Fsp3) is 0.800.